The quantitative estimate of drug-likeness (QED) is 0.806. The molecule has 1 aromatic rings. The molecule has 0 bridgehead atoms. The summed E-state index contributed by atoms with van der Waals surface area (Å²) in [5.41, 5.74) is 1.31. The monoisotopic (exact) mass is 277 g/mol. The highest BCUT2D eigenvalue weighted by molar-refractivity contribution is 5.10. The van der Waals surface area contributed by atoms with Crippen molar-refractivity contribution < 1.29 is 0 Å². The van der Waals surface area contributed by atoms with Gasteiger partial charge in [-0.3, -0.25) is 4.68 Å². The summed E-state index contributed by atoms with van der Waals surface area (Å²) >= 11 is 0. The maximum atomic E-state index is 4.70. The summed E-state index contributed by atoms with van der Waals surface area (Å²) < 4.78 is 1.95. The van der Waals surface area contributed by atoms with Gasteiger partial charge in [0.2, 0.25) is 0 Å². The van der Waals surface area contributed by atoms with Crippen molar-refractivity contribution in [3.05, 3.63) is 18.0 Å². The van der Waals surface area contributed by atoms with E-state index in [1.807, 2.05) is 11.7 Å². The van der Waals surface area contributed by atoms with Crippen LogP contribution in [0.4, 0.5) is 0 Å². The van der Waals surface area contributed by atoms with Crippen LogP contribution < -0.4 is 5.32 Å². The maximum Gasteiger partial charge on any atom is 0.0658 e. The zero-order chi connectivity index (χ0) is 14.5. The fraction of sp³-hybridized carbons (Fsp3) is 0.824. The Morgan fingerprint density at radius 1 is 1.40 bits per heavy atom. The van der Waals surface area contributed by atoms with Crippen LogP contribution in [0.15, 0.2) is 12.3 Å². The van der Waals surface area contributed by atoms with Gasteiger partial charge in [-0.15, -0.1) is 0 Å². The maximum absolute atomic E-state index is 4.70. The molecular weight excluding hydrogens is 246 g/mol. The minimum Gasteiger partial charge on any atom is -0.316 e. The molecule has 3 nitrogen and oxygen atoms in total. The Kier molecular flexibility index (Phi) is 5.64. The third-order valence-corrected chi connectivity index (χ3v) is 4.92. The van der Waals surface area contributed by atoms with Crippen LogP contribution in [0.5, 0.6) is 0 Å². The van der Waals surface area contributed by atoms with Gasteiger partial charge in [-0.25, -0.2) is 0 Å². The van der Waals surface area contributed by atoms with Crippen LogP contribution in [0.25, 0.3) is 0 Å². The van der Waals surface area contributed by atoms with Crippen LogP contribution in [0, 0.1) is 17.8 Å². The summed E-state index contributed by atoms with van der Waals surface area (Å²) in [6.45, 7) is 9.27. The lowest BCUT2D eigenvalue weighted by molar-refractivity contribution is 0.188. The van der Waals surface area contributed by atoms with Crippen LogP contribution >= 0.6 is 0 Å². The van der Waals surface area contributed by atoms with E-state index in [1.165, 1.54) is 31.4 Å². The second kappa shape index (κ2) is 7.26. The predicted octanol–water partition coefficient (Wildman–Crippen LogP) is 3.58. The molecule has 0 spiro atoms. The first-order valence-corrected chi connectivity index (χ1v) is 8.32. The summed E-state index contributed by atoms with van der Waals surface area (Å²) in [6.07, 6.45) is 7.36. The molecule has 1 fully saturated rings. The van der Waals surface area contributed by atoms with Crippen molar-refractivity contribution in [2.45, 2.75) is 52.4 Å². The summed E-state index contributed by atoms with van der Waals surface area (Å²) in [5.74, 6) is 3.06. The van der Waals surface area contributed by atoms with Gasteiger partial charge < -0.3 is 5.32 Å². The molecule has 2 rings (SSSR count). The average Bonchev–Trinajstić information content (AvgIpc) is 2.85. The molecule has 1 saturated carbocycles. The Hall–Kier alpha value is -0.830. The molecule has 20 heavy (non-hydrogen) atoms. The van der Waals surface area contributed by atoms with E-state index >= 15 is 0 Å². The highest BCUT2D eigenvalue weighted by atomic mass is 15.2. The topological polar surface area (TPSA) is 29.9 Å². The first-order chi connectivity index (χ1) is 9.61. The van der Waals surface area contributed by atoms with Crippen LogP contribution in [-0.2, 0) is 7.05 Å². The van der Waals surface area contributed by atoms with Gasteiger partial charge in [0.15, 0.2) is 0 Å². The third-order valence-electron chi connectivity index (χ3n) is 4.92. The summed E-state index contributed by atoms with van der Waals surface area (Å²) in [4.78, 5) is 0. The second-order valence-electron chi connectivity index (χ2n) is 6.80. The molecule has 114 valence electrons. The number of nitrogens with one attached hydrogen (secondary N) is 1. The summed E-state index contributed by atoms with van der Waals surface area (Å²) in [6, 6.07) is 2.22. The van der Waals surface area contributed by atoms with Gasteiger partial charge >= 0.3 is 0 Å². The van der Waals surface area contributed by atoms with Crippen molar-refractivity contribution in [1.29, 1.82) is 0 Å². The van der Waals surface area contributed by atoms with Gasteiger partial charge in [0, 0.05) is 19.2 Å². The molecule has 0 saturated heterocycles. The van der Waals surface area contributed by atoms with E-state index in [4.69, 9.17) is 5.10 Å². The van der Waals surface area contributed by atoms with E-state index in [9.17, 15) is 0 Å². The second-order valence-corrected chi connectivity index (χ2v) is 6.80. The van der Waals surface area contributed by atoms with Crippen molar-refractivity contribution in [3.8, 4) is 0 Å². The molecule has 1 aliphatic carbocycles. The van der Waals surface area contributed by atoms with Gasteiger partial charge in [-0.05, 0) is 62.6 Å². The van der Waals surface area contributed by atoms with E-state index in [2.05, 4.69) is 38.4 Å². The Morgan fingerprint density at radius 2 is 2.20 bits per heavy atom. The molecule has 3 unspecified atom stereocenters. The van der Waals surface area contributed by atoms with Gasteiger partial charge in [-0.2, -0.15) is 5.10 Å². The largest absolute Gasteiger partial charge is 0.316 e. The van der Waals surface area contributed by atoms with E-state index in [-0.39, 0.29) is 0 Å². The third kappa shape index (κ3) is 3.85. The fourth-order valence-corrected chi connectivity index (χ4v) is 3.57. The Balaban J connectivity index is 2.05. The lowest BCUT2D eigenvalue weighted by Crippen LogP contribution is -2.33. The van der Waals surface area contributed by atoms with Crippen LogP contribution in [0.3, 0.4) is 0 Å². The molecule has 0 aromatic carbocycles. The number of nitrogens with zero attached hydrogens (tertiary/aromatic N) is 2. The Labute approximate surface area is 124 Å². The van der Waals surface area contributed by atoms with Crippen LogP contribution in [0.2, 0.25) is 0 Å². The zero-order valence-corrected chi connectivity index (χ0v) is 13.6. The minimum absolute atomic E-state index is 0.640. The number of hydrogen-bond acceptors (Lipinski definition) is 2. The Morgan fingerprint density at radius 3 is 2.80 bits per heavy atom. The van der Waals surface area contributed by atoms with Crippen molar-refractivity contribution >= 4 is 0 Å². The van der Waals surface area contributed by atoms with E-state index in [0.717, 1.165) is 30.8 Å². The van der Waals surface area contributed by atoms with Crippen molar-refractivity contribution in [3.63, 3.8) is 0 Å². The van der Waals surface area contributed by atoms with Gasteiger partial charge in [0.25, 0.3) is 0 Å². The lowest BCUT2D eigenvalue weighted by atomic mass is 9.69. The highest BCUT2D eigenvalue weighted by Gasteiger charge is 2.33. The van der Waals surface area contributed by atoms with Crippen LogP contribution in [-0.4, -0.2) is 22.9 Å². The number of hydrogen-bond donors (Lipinski definition) is 1. The number of aryl methyl sites for hydroxylation is 1. The fourth-order valence-electron chi connectivity index (χ4n) is 3.57. The lowest BCUT2D eigenvalue weighted by Gasteiger charge is -2.37. The number of rotatable bonds is 6. The standard InChI is InChI=1S/C17H31N3/c1-5-9-18-12-15-7-6-14(13(2)3)11-16(15)17-8-10-20(4)19-17/h8,10,13-16,18H,5-7,9,11-12H2,1-4H3. The molecule has 1 N–H and O–H groups in total. The number of aromatic nitrogens is 2. The SMILES string of the molecule is CCCNCC1CCC(C(C)C)CC1c1ccn(C)n1. The van der Waals surface area contributed by atoms with E-state index in [1.54, 1.807) is 0 Å². The molecule has 3 heteroatoms. The normalized spacial score (nSPS) is 27.1. The molecular formula is C17H31N3. The van der Waals surface area contributed by atoms with Gasteiger partial charge in [0.1, 0.15) is 0 Å². The zero-order valence-electron chi connectivity index (χ0n) is 13.6. The smallest absolute Gasteiger partial charge is 0.0658 e. The molecule has 0 amide bonds. The summed E-state index contributed by atoms with van der Waals surface area (Å²) in [7, 11) is 2.02. The minimum atomic E-state index is 0.640. The van der Waals surface area contributed by atoms with Gasteiger partial charge in [0.05, 0.1) is 5.69 Å². The van der Waals surface area contributed by atoms with Crippen molar-refractivity contribution in [2.75, 3.05) is 13.1 Å². The average molecular weight is 277 g/mol. The molecule has 0 aliphatic heterocycles. The molecule has 0 radical (unpaired) electrons. The van der Waals surface area contributed by atoms with Gasteiger partial charge in [-0.1, -0.05) is 20.8 Å². The molecule has 1 aromatic heterocycles. The predicted molar refractivity (Wildman–Crippen MR) is 84.8 cm³/mol. The first-order valence-electron chi connectivity index (χ1n) is 8.32. The Bertz CT molecular complexity index is 397. The molecule has 3 atom stereocenters. The van der Waals surface area contributed by atoms with E-state index < -0.39 is 0 Å². The molecule has 1 heterocycles. The molecule has 1 aliphatic rings. The van der Waals surface area contributed by atoms with Crippen molar-refractivity contribution in [1.82, 2.24) is 15.1 Å². The summed E-state index contributed by atoms with van der Waals surface area (Å²) in [5, 5.41) is 8.32. The van der Waals surface area contributed by atoms with E-state index in [0.29, 0.717) is 5.92 Å². The van der Waals surface area contributed by atoms with Crippen molar-refractivity contribution in [2.24, 2.45) is 24.8 Å². The highest BCUT2D eigenvalue weighted by Crippen LogP contribution is 2.42. The first kappa shape index (κ1) is 15.6. The van der Waals surface area contributed by atoms with Crippen LogP contribution in [0.1, 0.15) is 58.1 Å².